The molecule has 32 heavy (non-hydrogen) atoms. The molecule has 0 unspecified atom stereocenters. The molecule has 0 aliphatic heterocycles. The lowest BCUT2D eigenvalue weighted by Gasteiger charge is -2.30. The van der Waals surface area contributed by atoms with Crippen molar-refractivity contribution in [3.05, 3.63) is 64.1 Å². The molecule has 1 fully saturated rings. The van der Waals surface area contributed by atoms with Gasteiger partial charge < -0.3 is 15.5 Å². The second-order valence-electron chi connectivity index (χ2n) is 8.67. The predicted octanol–water partition coefficient (Wildman–Crippen LogP) is 6.01. The summed E-state index contributed by atoms with van der Waals surface area (Å²) < 4.78 is 0. The summed E-state index contributed by atoms with van der Waals surface area (Å²) in [5, 5.41) is 8.76. The van der Waals surface area contributed by atoms with Crippen molar-refractivity contribution in [2.24, 2.45) is 5.92 Å². The monoisotopic (exact) mass is 470 g/mol. The SMILES string of the molecule is CN(C)c1cc(NC2CCC(CNC(=O)c3cc(Cl)cc(Cl)c3)CC2)nc2ccccc12. The predicted molar refractivity (Wildman–Crippen MR) is 134 cm³/mol. The zero-order valence-electron chi connectivity index (χ0n) is 18.4. The van der Waals surface area contributed by atoms with Crippen molar-refractivity contribution >= 4 is 51.5 Å². The topological polar surface area (TPSA) is 57.3 Å². The lowest BCUT2D eigenvalue weighted by molar-refractivity contribution is 0.0943. The van der Waals surface area contributed by atoms with E-state index in [1.807, 2.05) is 12.1 Å². The van der Waals surface area contributed by atoms with Gasteiger partial charge >= 0.3 is 0 Å². The molecule has 5 nitrogen and oxygen atoms in total. The minimum absolute atomic E-state index is 0.133. The van der Waals surface area contributed by atoms with Gasteiger partial charge in [-0.25, -0.2) is 4.98 Å². The lowest BCUT2D eigenvalue weighted by Crippen LogP contribution is -2.34. The number of nitrogens with zero attached hydrogens (tertiary/aromatic N) is 2. The van der Waals surface area contributed by atoms with E-state index in [1.165, 1.54) is 0 Å². The Morgan fingerprint density at radius 1 is 1.03 bits per heavy atom. The first-order valence-corrected chi connectivity index (χ1v) is 11.7. The molecule has 0 bridgehead atoms. The van der Waals surface area contributed by atoms with E-state index in [9.17, 15) is 4.79 Å². The third-order valence-electron chi connectivity index (χ3n) is 6.05. The van der Waals surface area contributed by atoms with Crippen LogP contribution in [-0.2, 0) is 0 Å². The van der Waals surface area contributed by atoms with Crippen LogP contribution >= 0.6 is 23.2 Å². The molecule has 1 aliphatic rings. The number of carbonyl (C=O) groups is 1. The van der Waals surface area contributed by atoms with Gasteiger partial charge in [0.25, 0.3) is 5.91 Å². The minimum atomic E-state index is -0.133. The number of hydrogen-bond acceptors (Lipinski definition) is 4. The first kappa shape index (κ1) is 22.7. The fourth-order valence-corrected chi connectivity index (χ4v) is 4.87. The standard InChI is InChI=1S/C25H28Cl2N4O/c1-31(2)23-14-24(30-22-6-4-3-5-21(22)23)29-20-9-7-16(8-10-20)15-28-25(32)17-11-18(26)13-19(27)12-17/h3-6,11-14,16,20H,7-10,15H2,1-2H3,(H,28,32)(H,29,30). The highest BCUT2D eigenvalue weighted by Gasteiger charge is 2.22. The summed E-state index contributed by atoms with van der Waals surface area (Å²) in [7, 11) is 4.12. The minimum Gasteiger partial charge on any atom is -0.377 e. The van der Waals surface area contributed by atoms with E-state index in [0.29, 0.717) is 34.1 Å². The van der Waals surface area contributed by atoms with Gasteiger partial charge in [-0.05, 0) is 55.9 Å². The molecule has 2 N–H and O–H groups in total. The van der Waals surface area contributed by atoms with E-state index in [-0.39, 0.29) is 5.91 Å². The Hall–Kier alpha value is -2.50. The molecule has 0 radical (unpaired) electrons. The summed E-state index contributed by atoms with van der Waals surface area (Å²) in [4.78, 5) is 19.4. The zero-order chi connectivity index (χ0) is 22.7. The van der Waals surface area contributed by atoms with Crippen LogP contribution in [0.25, 0.3) is 10.9 Å². The second kappa shape index (κ2) is 9.97. The van der Waals surface area contributed by atoms with E-state index in [1.54, 1.807) is 18.2 Å². The van der Waals surface area contributed by atoms with Crippen molar-refractivity contribution in [2.45, 2.75) is 31.7 Å². The maximum atomic E-state index is 12.4. The molecule has 1 aromatic heterocycles. The van der Waals surface area contributed by atoms with Crippen LogP contribution in [0.5, 0.6) is 0 Å². The highest BCUT2D eigenvalue weighted by Crippen LogP contribution is 2.30. The first-order chi connectivity index (χ1) is 15.4. The van der Waals surface area contributed by atoms with Gasteiger partial charge in [-0.2, -0.15) is 0 Å². The number of hydrogen-bond donors (Lipinski definition) is 2. The van der Waals surface area contributed by atoms with Gasteiger partial charge in [0.2, 0.25) is 0 Å². The van der Waals surface area contributed by atoms with Gasteiger partial charge in [-0.3, -0.25) is 4.79 Å². The first-order valence-electron chi connectivity index (χ1n) is 11.0. The maximum absolute atomic E-state index is 12.4. The summed E-state index contributed by atoms with van der Waals surface area (Å²) in [5.74, 6) is 1.25. The number of benzene rings is 2. The van der Waals surface area contributed by atoms with Crippen molar-refractivity contribution < 1.29 is 4.79 Å². The van der Waals surface area contributed by atoms with E-state index in [0.717, 1.165) is 48.1 Å². The smallest absolute Gasteiger partial charge is 0.251 e. The second-order valence-corrected chi connectivity index (χ2v) is 9.54. The normalized spacial score (nSPS) is 18.4. The van der Waals surface area contributed by atoms with Gasteiger partial charge in [-0.1, -0.05) is 41.4 Å². The molecule has 7 heteroatoms. The Morgan fingerprint density at radius 3 is 2.41 bits per heavy atom. The maximum Gasteiger partial charge on any atom is 0.251 e. The number of fused-ring (bicyclic) bond motifs is 1. The van der Waals surface area contributed by atoms with Gasteiger partial charge in [0.05, 0.1) is 5.52 Å². The third-order valence-corrected chi connectivity index (χ3v) is 6.49. The number of halogens is 2. The summed E-state index contributed by atoms with van der Waals surface area (Å²) in [6, 6.07) is 15.7. The molecule has 0 atom stereocenters. The van der Waals surface area contributed by atoms with Crippen molar-refractivity contribution in [3.63, 3.8) is 0 Å². The van der Waals surface area contributed by atoms with E-state index in [4.69, 9.17) is 28.2 Å². The zero-order valence-corrected chi connectivity index (χ0v) is 19.9. The average molecular weight is 471 g/mol. The van der Waals surface area contributed by atoms with Crippen LogP contribution < -0.4 is 15.5 Å². The number of anilines is 2. The Balaban J connectivity index is 1.32. The fraction of sp³-hybridized carbons (Fsp3) is 0.360. The van der Waals surface area contributed by atoms with Gasteiger partial charge in [-0.15, -0.1) is 0 Å². The van der Waals surface area contributed by atoms with Crippen LogP contribution in [0.1, 0.15) is 36.0 Å². The largest absolute Gasteiger partial charge is 0.377 e. The molecule has 4 rings (SSSR count). The Labute approximate surface area is 199 Å². The lowest BCUT2D eigenvalue weighted by atomic mass is 9.86. The average Bonchev–Trinajstić information content (AvgIpc) is 2.77. The van der Waals surface area contributed by atoms with Crippen molar-refractivity contribution in [2.75, 3.05) is 30.9 Å². The van der Waals surface area contributed by atoms with Crippen molar-refractivity contribution in [1.82, 2.24) is 10.3 Å². The molecule has 1 heterocycles. The Morgan fingerprint density at radius 2 is 1.72 bits per heavy atom. The molecule has 0 spiro atoms. The molecule has 3 aromatic rings. The van der Waals surface area contributed by atoms with Crippen LogP contribution in [0.4, 0.5) is 11.5 Å². The number of carbonyl (C=O) groups excluding carboxylic acids is 1. The Kier molecular flexibility index (Phi) is 7.07. The number of nitrogens with one attached hydrogen (secondary N) is 2. The molecular weight excluding hydrogens is 443 g/mol. The highest BCUT2D eigenvalue weighted by molar-refractivity contribution is 6.35. The number of amides is 1. The molecular formula is C25H28Cl2N4O. The summed E-state index contributed by atoms with van der Waals surface area (Å²) in [5.41, 5.74) is 2.66. The molecule has 168 valence electrons. The van der Waals surface area contributed by atoms with Crippen LogP contribution in [0.2, 0.25) is 10.0 Å². The third kappa shape index (κ3) is 5.45. The fourth-order valence-electron chi connectivity index (χ4n) is 4.35. The van der Waals surface area contributed by atoms with Crippen LogP contribution in [0.3, 0.4) is 0 Å². The summed E-state index contributed by atoms with van der Waals surface area (Å²) >= 11 is 12.0. The van der Waals surface area contributed by atoms with E-state index in [2.05, 4.69) is 47.8 Å². The van der Waals surface area contributed by atoms with Crippen molar-refractivity contribution in [3.8, 4) is 0 Å². The Bertz CT molecular complexity index is 1090. The van der Waals surface area contributed by atoms with Crippen molar-refractivity contribution in [1.29, 1.82) is 0 Å². The molecule has 0 saturated heterocycles. The number of rotatable bonds is 6. The van der Waals surface area contributed by atoms with Crippen LogP contribution in [0, 0.1) is 5.92 Å². The number of pyridine rings is 1. The van der Waals surface area contributed by atoms with Gasteiger partial charge in [0, 0.05) is 59.4 Å². The van der Waals surface area contributed by atoms with E-state index < -0.39 is 0 Å². The summed E-state index contributed by atoms with van der Waals surface area (Å²) in [6.45, 7) is 0.661. The van der Waals surface area contributed by atoms with Crippen LogP contribution in [0.15, 0.2) is 48.5 Å². The number of aromatic nitrogens is 1. The van der Waals surface area contributed by atoms with Crippen LogP contribution in [-0.4, -0.2) is 37.6 Å². The summed E-state index contributed by atoms with van der Waals surface area (Å²) in [6.07, 6.45) is 4.22. The van der Waals surface area contributed by atoms with Gasteiger partial charge in [0.1, 0.15) is 5.82 Å². The van der Waals surface area contributed by atoms with Gasteiger partial charge in [0.15, 0.2) is 0 Å². The highest BCUT2D eigenvalue weighted by atomic mass is 35.5. The molecule has 1 aliphatic carbocycles. The number of para-hydroxylation sites is 1. The molecule has 1 saturated carbocycles. The molecule has 2 aromatic carbocycles. The van der Waals surface area contributed by atoms with E-state index >= 15 is 0 Å². The molecule has 1 amide bonds. The quantitative estimate of drug-likeness (QED) is 0.463.